The predicted octanol–water partition coefficient (Wildman–Crippen LogP) is 1.82. The molecule has 0 bridgehead atoms. The molecular weight excluding hydrogens is 232 g/mol. The Balaban J connectivity index is 2.20. The summed E-state index contributed by atoms with van der Waals surface area (Å²) in [5, 5.41) is 16.2. The predicted molar refractivity (Wildman–Crippen MR) is 67.1 cm³/mol. The topological polar surface area (TPSA) is 80.0 Å². The normalized spacial score (nSPS) is 10.3. The lowest BCUT2D eigenvalue weighted by Crippen LogP contribution is -2.00. The van der Waals surface area contributed by atoms with Crippen LogP contribution >= 0.6 is 0 Å². The molecule has 0 aromatic carbocycles. The van der Waals surface area contributed by atoms with Crippen molar-refractivity contribution in [3.63, 3.8) is 0 Å². The highest BCUT2D eigenvalue weighted by molar-refractivity contribution is 5.85. The Morgan fingerprint density at radius 1 is 1.50 bits per heavy atom. The minimum atomic E-state index is -1.03. The first kappa shape index (κ1) is 12.1. The summed E-state index contributed by atoms with van der Waals surface area (Å²) in [4.78, 5) is 14.5. The molecule has 2 rings (SSSR count). The number of pyridine rings is 1. The van der Waals surface area contributed by atoms with E-state index >= 15 is 0 Å². The fourth-order valence-electron chi connectivity index (χ4n) is 1.65. The van der Waals surface area contributed by atoms with Gasteiger partial charge in [0, 0.05) is 13.2 Å². The van der Waals surface area contributed by atoms with Crippen molar-refractivity contribution in [3.8, 4) is 0 Å². The van der Waals surface area contributed by atoms with Crippen LogP contribution in [-0.2, 0) is 13.5 Å². The summed E-state index contributed by atoms with van der Waals surface area (Å²) in [6.45, 7) is 2.03. The van der Waals surface area contributed by atoms with E-state index in [4.69, 9.17) is 5.11 Å². The van der Waals surface area contributed by atoms with Gasteiger partial charge in [0.2, 0.25) is 0 Å². The number of anilines is 2. The third-order valence-electron chi connectivity index (χ3n) is 2.50. The van der Waals surface area contributed by atoms with Crippen LogP contribution < -0.4 is 5.32 Å². The summed E-state index contributed by atoms with van der Waals surface area (Å²) in [6, 6.07) is 3.15. The molecule has 0 aliphatic carbocycles. The quantitative estimate of drug-likeness (QED) is 0.860. The SMILES string of the molecule is CCc1nn(C)cc1Nc1ccc(C(=O)O)nc1. The van der Waals surface area contributed by atoms with Gasteiger partial charge >= 0.3 is 5.97 Å². The number of aromatic carboxylic acids is 1. The molecule has 2 heterocycles. The lowest BCUT2D eigenvalue weighted by Gasteiger charge is -2.04. The summed E-state index contributed by atoms with van der Waals surface area (Å²) in [5.41, 5.74) is 2.63. The maximum Gasteiger partial charge on any atom is 0.354 e. The van der Waals surface area contributed by atoms with E-state index in [9.17, 15) is 4.79 Å². The average Bonchev–Trinajstić information content (AvgIpc) is 2.70. The van der Waals surface area contributed by atoms with E-state index in [0.29, 0.717) is 0 Å². The van der Waals surface area contributed by atoms with Crippen molar-refractivity contribution in [1.29, 1.82) is 0 Å². The first-order chi connectivity index (χ1) is 8.60. The Morgan fingerprint density at radius 2 is 2.28 bits per heavy atom. The van der Waals surface area contributed by atoms with E-state index in [1.54, 1.807) is 10.7 Å². The number of carboxylic acid groups (broad SMARTS) is 1. The van der Waals surface area contributed by atoms with Crippen LogP contribution in [0.25, 0.3) is 0 Å². The lowest BCUT2D eigenvalue weighted by molar-refractivity contribution is 0.0690. The van der Waals surface area contributed by atoms with E-state index in [1.807, 2.05) is 20.2 Å². The Labute approximate surface area is 104 Å². The van der Waals surface area contributed by atoms with E-state index in [-0.39, 0.29) is 5.69 Å². The zero-order chi connectivity index (χ0) is 13.1. The van der Waals surface area contributed by atoms with Gasteiger partial charge in [-0.2, -0.15) is 5.10 Å². The average molecular weight is 246 g/mol. The molecule has 2 aromatic rings. The summed E-state index contributed by atoms with van der Waals surface area (Å²) >= 11 is 0. The van der Waals surface area contributed by atoms with Crippen molar-refractivity contribution in [2.75, 3.05) is 5.32 Å². The van der Waals surface area contributed by atoms with Gasteiger partial charge in [0.25, 0.3) is 0 Å². The Kier molecular flexibility index (Phi) is 3.27. The highest BCUT2D eigenvalue weighted by Gasteiger charge is 2.07. The van der Waals surface area contributed by atoms with Crippen molar-refractivity contribution in [2.24, 2.45) is 7.05 Å². The van der Waals surface area contributed by atoms with Gasteiger partial charge in [0.15, 0.2) is 0 Å². The number of nitrogens with zero attached hydrogens (tertiary/aromatic N) is 3. The molecule has 0 radical (unpaired) electrons. The van der Waals surface area contributed by atoms with Crippen LogP contribution in [0, 0.1) is 0 Å². The highest BCUT2D eigenvalue weighted by Crippen LogP contribution is 2.19. The second kappa shape index (κ2) is 4.87. The number of rotatable bonds is 4. The van der Waals surface area contributed by atoms with E-state index in [2.05, 4.69) is 15.4 Å². The molecule has 0 aliphatic rings. The second-order valence-corrected chi connectivity index (χ2v) is 3.88. The molecule has 0 saturated heterocycles. The molecule has 0 atom stereocenters. The first-order valence-electron chi connectivity index (χ1n) is 5.59. The van der Waals surface area contributed by atoms with Crippen molar-refractivity contribution < 1.29 is 9.90 Å². The maximum absolute atomic E-state index is 10.7. The zero-order valence-electron chi connectivity index (χ0n) is 10.2. The van der Waals surface area contributed by atoms with E-state index < -0.39 is 5.97 Å². The van der Waals surface area contributed by atoms with Crippen molar-refractivity contribution in [3.05, 3.63) is 35.9 Å². The van der Waals surface area contributed by atoms with Crippen LogP contribution in [0.3, 0.4) is 0 Å². The molecule has 0 aliphatic heterocycles. The van der Waals surface area contributed by atoms with Crippen LogP contribution in [0.15, 0.2) is 24.5 Å². The van der Waals surface area contributed by atoms with Crippen molar-refractivity contribution in [1.82, 2.24) is 14.8 Å². The number of aromatic nitrogens is 3. The summed E-state index contributed by atoms with van der Waals surface area (Å²) in [6.07, 6.45) is 4.20. The first-order valence-corrected chi connectivity index (χ1v) is 5.59. The van der Waals surface area contributed by atoms with Crippen LogP contribution in [0.5, 0.6) is 0 Å². The van der Waals surface area contributed by atoms with Gasteiger partial charge in [-0.1, -0.05) is 6.92 Å². The summed E-state index contributed by atoms with van der Waals surface area (Å²) in [7, 11) is 1.86. The number of hydrogen-bond acceptors (Lipinski definition) is 4. The van der Waals surface area contributed by atoms with E-state index in [1.165, 1.54) is 12.3 Å². The number of carboxylic acids is 1. The Bertz CT molecular complexity index is 560. The standard InChI is InChI=1S/C12H14N4O2/c1-3-9-11(7-16(2)15-9)14-8-4-5-10(12(17)18)13-6-8/h4-7,14H,3H2,1-2H3,(H,17,18). The summed E-state index contributed by atoms with van der Waals surface area (Å²) < 4.78 is 1.74. The third-order valence-corrected chi connectivity index (χ3v) is 2.50. The number of nitrogens with one attached hydrogen (secondary N) is 1. The van der Waals surface area contributed by atoms with Gasteiger partial charge in [0.05, 0.1) is 23.3 Å². The molecule has 6 heteroatoms. The fourth-order valence-corrected chi connectivity index (χ4v) is 1.65. The highest BCUT2D eigenvalue weighted by atomic mass is 16.4. The maximum atomic E-state index is 10.7. The molecular formula is C12H14N4O2. The molecule has 18 heavy (non-hydrogen) atoms. The fraction of sp³-hybridized carbons (Fsp3) is 0.250. The Hall–Kier alpha value is -2.37. The van der Waals surface area contributed by atoms with Crippen LogP contribution in [0.1, 0.15) is 23.1 Å². The van der Waals surface area contributed by atoms with Crippen LogP contribution in [-0.4, -0.2) is 25.8 Å². The molecule has 2 N–H and O–H groups in total. The van der Waals surface area contributed by atoms with Gasteiger partial charge in [0.1, 0.15) is 5.69 Å². The summed E-state index contributed by atoms with van der Waals surface area (Å²) in [5.74, 6) is -1.03. The minimum Gasteiger partial charge on any atom is -0.477 e. The Morgan fingerprint density at radius 3 is 2.83 bits per heavy atom. The van der Waals surface area contributed by atoms with Gasteiger partial charge < -0.3 is 10.4 Å². The second-order valence-electron chi connectivity index (χ2n) is 3.88. The molecule has 0 unspecified atom stereocenters. The minimum absolute atomic E-state index is 0.0300. The molecule has 0 saturated carbocycles. The van der Waals surface area contributed by atoms with Crippen molar-refractivity contribution >= 4 is 17.3 Å². The zero-order valence-corrected chi connectivity index (χ0v) is 10.2. The van der Waals surface area contributed by atoms with Crippen LogP contribution in [0.2, 0.25) is 0 Å². The van der Waals surface area contributed by atoms with Crippen molar-refractivity contribution in [2.45, 2.75) is 13.3 Å². The van der Waals surface area contributed by atoms with Gasteiger partial charge in [-0.25, -0.2) is 9.78 Å². The molecule has 2 aromatic heterocycles. The lowest BCUT2D eigenvalue weighted by atomic mass is 10.3. The molecule has 0 amide bonds. The smallest absolute Gasteiger partial charge is 0.354 e. The number of carbonyl (C=O) groups is 1. The number of aryl methyl sites for hydroxylation is 2. The van der Waals surface area contributed by atoms with Gasteiger partial charge in [-0.05, 0) is 18.6 Å². The molecule has 0 fully saturated rings. The molecule has 94 valence electrons. The van der Waals surface area contributed by atoms with Gasteiger partial charge in [-0.3, -0.25) is 4.68 Å². The largest absolute Gasteiger partial charge is 0.477 e. The molecule has 0 spiro atoms. The number of hydrogen-bond donors (Lipinski definition) is 2. The monoisotopic (exact) mass is 246 g/mol. The van der Waals surface area contributed by atoms with Gasteiger partial charge in [-0.15, -0.1) is 0 Å². The van der Waals surface area contributed by atoms with Crippen LogP contribution in [0.4, 0.5) is 11.4 Å². The van der Waals surface area contributed by atoms with E-state index in [0.717, 1.165) is 23.5 Å². The third kappa shape index (κ3) is 2.48. The molecule has 6 nitrogen and oxygen atoms in total.